The van der Waals surface area contributed by atoms with Crippen molar-refractivity contribution in [2.75, 3.05) is 32.7 Å². The summed E-state index contributed by atoms with van der Waals surface area (Å²) in [7, 11) is 1.60. The molecule has 1 heterocycles. The highest BCUT2D eigenvalue weighted by Gasteiger charge is 2.16. The van der Waals surface area contributed by atoms with Gasteiger partial charge in [-0.3, -0.25) is 9.59 Å². The zero-order valence-corrected chi connectivity index (χ0v) is 17.1. The lowest BCUT2D eigenvalue weighted by molar-refractivity contribution is -0.146. The van der Waals surface area contributed by atoms with Crippen LogP contribution in [0.2, 0.25) is 0 Å². The van der Waals surface area contributed by atoms with E-state index in [-0.39, 0.29) is 24.3 Å². The number of amides is 1. The molecule has 2 aromatic carbocycles. The van der Waals surface area contributed by atoms with Gasteiger partial charge >= 0.3 is 5.97 Å². The van der Waals surface area contributed by atoms with Crippen LogP contribution in [-0.2, 0) is 14.3 Å². The van der Waals surface area contributed by atoms with E-state index in [9.17, 15) is 9.59 Å². The van der Waals surface area contributed by atoms with Crippen LogP contribution in [0.25, 0.3) is 0 Å². The minimum Gasteiger partial charge on any atom is -0.497 e. The standard InChI is InChI=1S/C21H23NO6S/c1-14(15-3-8-18-19(11-15)27-10-9-26-18)22-20(23)12-28-21(24)13-29-17-6-4-16(25-2)5-7-17/h3-8,11,14H,9-10,12-13H2,1-2H3,(H,22,23)/t14-/m1/s1. The summed E-state index contributed by atoms with van der Waals surface area (Å²) in [4.78, 5) is 24.9. The molecule has 2 aromatic rings. The van der Waals surface area contributed by atoms with Gasteiger partial charge in [0.05, 0.1) is 18.9 Å². The summed E-state index contributed by atoms with van der Waals surface area (Å²) in [6, 6.07) is 12.6. The molecule has 0 saturated carbocycles. The highest BCUT2D eigenvalue weighted by molar-refractivity contribution is 8.00. The highest BCUT2D eigenvalue weighted by Crippen LogP contribution is 2.32. The van der Waals surface area contributed by atoms with E-state index in [0.29, 0.717) is 24.7 Å². The molecule has 1 N–H and O–H groups in total. The Morgan fingerprint density at radius 3 is 2.55 bits per heavy atom. The molecule has 7 nitrogen and oxygen atoms in total. The minimum absolute atomic E-state index is 0.122. The molecular weight excluding hydrogens is 394 g/mol. The Morgan fingerprint density at radius 1 is 1.10 bits per heavy atom. The van der Waals surface area contributed by atoms with Crippen molar-refractivity contribution in [3.63, 3.8) is 0 Å². The third kappa shape index (κ3) is 6.05. The van der Waals surface area contributed by atoms with Gasteiger partial charge in [0.2, 0.25) is 0 Å². The van der Waals surface area contributed by atoms with Gasteiger partial charge in [-0.25, -0.2) is 0 Å². The van der Waals surface area contributed by atoms with Gasteiger partial charge in [0.1, 0.15) is 19.0 Å². The average Bonchev–Trinajstić information content (AvgIpc) is 2.76. The molecule has 8 heteroatoms. The van der Waals surface area contributed by atoms with Gasteiger partial charge in [0.25, 0.3) is 5.91 Å². The van der Waals surface area contributed by atoms with Crippen LogP contribution in [0.3, 0.4) is 0 Å². The summed E-state index contributed by atoms with van der Waals surface area (Å²) in [5, 5.41) is 2.81. The Labute approximate surface area is 173 Å². The second-order valence-electron chi connectivity index (χ2n) is 6.32. The molecule has 0 saturated heterocycles. The predicted molar refractivity (Wildman–Crippen MR) is 109 cm³/mol. The zero-order chi connectivity index (χ0) is 20.6. The Bertz CT molecular complexity index is 855. The number of methoxy groups -OCH3 is 1. The van der Waals surface area contributed by atoms with Crippen LogP contribution in [0.1, 0.15) is 18.5 Å². The van der Waals surface area contributed by atoms with Crippen molar-refractivity contribution in [3.05, 3.63) is 48.0 Å². The van der Waals surface area contributed by atoms with Gasteiger partial charge in [-0.15, -0.1) is 11.8 Å². The van der Waals surface area contributed by atoms with E-state index < -0.39 is 5.97 Å². The van der Waals surface area contributed by atoms with Crippen LogP contribution < -0.4 is 19.5 Å². The lowest BCUT2D eigenvalue weighted by atomic mass is 10.1. The van der Waals surface area contributed by atoms with Crippen molar-refractivity contribution in [2.45, 2.75) is 17.9 Å². The number of esters is 1. The van der Waals surface area contributed by atoms with E-state index in [1.807, 2.05) is 49.4 Å². The number of fused-ring (bicyclic) bond motifs is 1. The van der Waals surface area contributed by atoms with Crippen LogP contribution in [0, 0.1) is 0 Å². The van der Waals surface area contributed by atoms with Crippen molar-refractivity contribution >= 4 is 23.6 Å². The molecule has 0 spiro atoms. The maximum atomic E-state index is 12.1. The first-order valence-electron chi connectivity index (χ1n) is 9.16. The molecule has 29 heavy (non-hydrogen) atoms. The van der Waals surface area contributed by atoms with E-state index in [0.717, 1.165) is 16.2 Å². The van der Waals surface area contributed by atoms with Crippen molar-refractivity contribution in [3.8, 4) is 17.2 Å². The fourth-order valence-electron chi connectivity index (χ4n) is 2.70. The molecule has 0 bridgehead atoms. The Kier molecular flexibility index (Phi) is 7.24. The molecule has 3 rings (SSSR count). The summed E-state index contributed by atoms with van der Waals surface area (Å²) in [6.45, 7) is 2.56. The van der Waals surface area contributed by atoms with Gasteiger partial charge in [-0.05, 0) is 48.9 Å². The molecular formula is C21H23NO6S. The fraction of sp³-hybridized carbons (Fsp3) is 0.333. The number of benzene rings is 2. The van der Waals surface area contributed by atoms with Crippen LogP contribution in [0.4, 0.5) is 0 Å². The third-order valence-corrected chi connectivity index (χ3v) is 5.21. The van der Waals surface area contributed by atoms with Gasteiger partial charge in [0, 0.05) is 4.90 Å². The molecule has 1 aliphatic heterocycles. The zero-order valence-electron chi connectivity index (χ0n) is 16.3. The van der Waals surface area contributed by atoms with Crippen molar-refractivity contribution in [1.29, 1.82) is 0 Å². The average molecular weight is 417 g/mol. The molecule has 0 aromatic heterocycles. The maximum Gasteiger partial charge on any atom is 0.316 e. The molecule has 1 amide bonds. The largest absolute Gasteiger partial charge is 0.497 e. The highest BCUT2D eigenvalue weighted by atomic mass is 32.2. The summed E-state index contributed by atoms with van der Waals surface area (Å²) in [5.41, 5.74) is 0.879. The van der Waals surface area contributed by atoms with Crippen molar-refractivity contribution < 1.29 is 28.5 Å². The predicted octanol–water partition coefficient (Wildman–Crippen LogP) is 2.98. The first kappa shape index (κ1) is 20.9. The summed E-state index contributed by atoms with van der Waals surface area (Å²) >= 11 is 1.34. The van der Waals surface area contributed by atoms with Crippen LogP contribution >= 0.6 is 11.8 Å². The van der Waals surface area contributed by atoms with Gasteiger partial charge in [-0.1, -0.05) is 6.07 Å². The molecule has 1 atom stereocenters. The number of hydrogen-bond acceptors (Lipinski definition) is 7. The number of carbonyl (C=O) groups excluding carboxylic acids is 2. The third-order valence-electron chi connectivity index (χ3n) is 4.22. The van der Waals surface area contributed by atoms with E-state index in [2.05, 4.69) is 5.32 Å². The number of nitrogens with one attached hydrogen (secondary N) is 1. The first-order chi connectivity index (χ1) is 14.0. The smallest absolute Gasteiger partial charge is 0.316 e. The molecule has 0 fully saturated rings. The van der Waals surface area contributed by atoms with Gasteiger partial charge < -0.3 is 24.3 Å². The lowest BCUT2D eigenvalue weighted by Gasteiger charge is -2.21. The SMILES string of the molecule is COc1ccc(SCC(=O)OCC(=O)N[C@H](C)c2ccc3c(c2)OCCO3)cc1. The second kappa shape index (κ2) is 10.1. The Morgan fingerprint density at radius 2 is 1.83 bits per heavy atom. The Balaban J connectivity index is 1.41. The number of ether oxygens (including phenoxy) is 4. The van der Waals surface area contributed by atoms with Crippen LogP contribution in [0.5, 0.6) is 17.2 Å². The van der Waals surface area contributed by atoms with Crippen molar-refractivity contribution in [2.24, 2.45) is 0 Å². The summed E-state index contributed by atoms with van der Waals surface area (Å²) in [6.07, 6.45) is 0. The fourth-order valence-corrected chi connectivity index (χ4v) is 3.39. The molecule has 1 aliphatic rings. The normalized spacial score (nSPS) is 13.3. The number of carbonyl (C=O) groups is 2. The monoisotopic (exact) mass is 417 g/mol. The number of hydrogen-bond donors (Lipinski definition) is 1. The second-order valence-corrected chi connectivity index (χ2v) is 7.37. The molecule has 0 aliphatic carbocycles. The number of rotatable bonds is 8. The Hall–Kier alpha value is -2.87. The topological polar surface area (TPSA) is 83.1 Å². The number of thioether (sulfide) groups is 1. The van der Waals surface area contributed by atoms with E-state index in [1.165, 1.54) is 11.8 Å². The summed E-state index contributed by atoms with van der Waals surface area (Å²) < 4.78 is 21.2. The maximum absolute atomic E-state index is 12.1. The van der Waals surface area contributed by atoms with E-state index in [1.54, 1.807) is 7.11 Å². The minimum atomic E-state index is -0.451. The van der Waals surface area contributed by atoms with Gasteiger partial charge in [0.15, 0.2) is 18.1 Å². The van der Waals surface area contributed by atoms with E-state index in [4.69, 9.17) is 18.9 Å². The van der Waals surface area contributed by atoms with Crippen LogP contribution in [0.15, 0.2) is 47.4 Å². The molecule has 0 radical (unpaired) electrons. The van der Waals surface area contributed by atoms with Gasteiger partial charge in [-0.2, -0.15) is 0 Å². The van der Waals surface area contributed by atoms with Crippen molar-refractivity contribution in [1.82, 2.24) is 5.32 Å². The van der Waals surface area contributed by atoms with E-state index >= 15 is 0 Å². The first-order valence-corrected chi connectivity index (χ1v) is 10.1. The van der Waals surface area contributed by atoms with Crippen LogP contribution in [-0.4, -0.2) is 44.6 Å². The lowest BCUT2D eigenvalue weighted by Crippen LogP contribution is -2.31. The molecule has 0 unspecified atom stereocenters. The quantitative estimate of drug-likeness (QED) is 0.522. The molecule has 154 valence electrons. The summed E-state index contributed by atoms with van der Waals surface area (Å²) in [5.74, 6) is 1.42.